The average Bonchev–Trinajstić information content (AvgIpc) is 3.55. The van der Waals surface area contributed by atoms with E-state index in [4.69, 9.17) is 4.74 Å². The predicted octanol–water partition coefficient (Wildman–Crippen LogP) is 3.27. The third-order valence-corrected chi connectivity index (χ3v) is 7.97. The van der Waals surface area contributed by atoms with Gasteiger partial charge in [-0.1, -0.05) is 24.3 Å². The van der Waals surface area contributed by atoms with Crippen LogP contribution in [0.15, 0.2) is 47.6 Å². The van der Waals surface area contributed by atoms with Crippen molar-refractivity contribution < 1.29 is 19.1 Å². The van der Waals surface area contributed by atoms with Crippen molar-refractivity contribution in [2.45, 2.75) is 20.3 Å². The summed E-state index contributed by atoms with van der Waals surface area (Å²) in [6, 6.07) is 9.18. The smallest absolute Gasteiger partial charge is 0.339 e. The molecule has 1 aliphatic heterocycles. The molecule has 7 rings (SSSR count). The SMILES string of the molecule is COC(=O)c1ccccc1-n1c(C)cc(/C=N\N2C(=O)[C@@H]3[C@H]4C=C[C@@H]([C@@H]5C[C@H]45)[C@H]3C2=O)c1C. The molecule has 33 heavy (non-hydrogen) atoms. The van der Waals surface area contributed by atoms with Gasteiger partial charge < -0.3 is 9.30 Å². The number of hydrazone groups is 1. The number of rotatable bonds is 4. The second kappa shape index (κ2) is 7.01. The standard InChI is InChI=1S/C26H25N3O4/c1-13-10-15(14(2)28(13)21-7-5-4-6-18(21)26(32)33-3)12-27-29-24(30)22-16-8-9-17(20-11-19(16)20)23(22)25(29)31/h4-10,12,16-17,19-20,22-23H,11H2,1-3H3/b27-12-/t16-,17-,19-,20+,22+,23+/m0/s1. The second-order valence-electron chi connectivity index (χ2n) is 9.56. The van der Waals surface area contributed by atoms with Gasteiger partial charge in [-0.3, -0.25) is 9.59 Å². The third-order valence-electron chi connectivity index (χ3n) is 7.97. The summed E-state index contributed by atoms with van der Waals surface area (Å²) >= 11 is 0. The zero-order valence-electron chi connectivity index (χ0n) is 18.8. The molecule has 7 nitrogen and oxygen atoms in total. The lowest BCUT2D eigenvalue weighted by molar-refractivity contribution is -0.140. The van der Waals surface area contributed by atoms with Crippen LogP contribution in [-0.2, 0) is 14.3 Å². The largest absolute Gasteiger partial charge is 0.465 e. The summed E-state index contributed by atoms with van der Waals surface area (Å²) in [7, 11) is 1.36. The second-order valence-corrected chi connectivity index (χ2v) is 9.56. The number of aromatic nitrogens is 1. The molecule has 2 saturated carbocycles. The number of imide groups is 1. The van der Waals surface area contributed by atoms with Gasteiger partial charge in [0.25, 0.3) is 11.8 Å². The topological polar surface area (TPSA) is 81.0 Å². The maximum Gasteiger partial charge on any atom is 0.339 e. The van der Waals surface area contributed by atoms with Crippen molar-refractivity contribution in [3.63, 3.8) is 0 Å². The molecule has 6 atom stereocenters. The summed E-state index contributed by atoms with van der Waals surface area (Å²) in [4.78, 5) is 38.6. The zero-order chi connectivity index (χ0) is 23.0. The van der Waals surface area contributed by atoms with Gasteiger partial charge in [-0.2, -0.15) is 10.1 Å². The van der Waals surface area contributed by atoms with E-state index in [1.54, 1.807) is 18.3 Å². The quantitative estimate of drug-likeness (QED) is 0.314. The summed E-state index contributed by atoms with van der Waals surface area (Å²) in [5, 5.41) is 5.47. The van der Waals surface area contributed by atoms with E-state index in [0.717, 1.165) is 28.4 Å². The number of carbonyl (C=O) groups excluding carboxylic acids is 3. The molecule has 2 amide bonds. The van der Waals surface area contributed by atoms with Gasteiger partial charge in [0, 0.05) is 17.0 Å². The fourth-order valence-corrected chi connectivity index (χ4v) is 6.42. The molecule has 2 bridgehead atoms. The van der Waals surface area contributed by atoms with Crippen LogP contribution in [0.4, 0.5) is 0 Å². The van der Waals surface area contributed by atoms with Crippen molar-refractivity contribution in [1.29, 1.82) is 0 Å². The van der Waals surface area contributed by atoms with Gasteiger partial charge >= 0.3 is 5.97 Å². The number of ether oxygens (including phenoxy) is 1. The highest BCUT2D eigenvalue weighted by atomic mass is 16.5. The van der Waals surface area contributed by atoms with Crippen molar-refractivity contribution >= 4 is 24.0 Å². The van der Waals surface area contributed by atoms with Crippen LogP contribution in [0, 0.1) is 49.4 Å². The average molecular weight is 444 g/mol. The number of carbonyl (C=O) groups is 3. The van der Waals surface area contributed by atoms with Crippen LogP contribution in [0.5, 0.6) is 0 Å². The Kier molecular flexibility index (Phi) is 4.28. The minimum absolute atomic E-state index is 0.171. The Morgan fingerprint density at radius 2 is 1.70 bits per heavy atom. The Labute approximate surface area is 191 Å². The monoisotopic (exact) mass is 443 g/mol. The van der Waals surface area contributed by atoms with Crippen molar-refractivity contribution in [3.05, 3.63) is 65.0 Å². The molecule has 1 aromatic carbocycles. The van der Waals surface area contributed by atoms with Gasteiger partial charge in [0.2, 0.25) is 0 Å². The number of para-hydroxylation sites is 1. The number of amides is 2. The van der Waals surface area contributed by atoms with Crippen LogP contribution in [0.1, 0.15) is 33.7 Å². The van der Waals surface area contributed by atoms with E-state index in [2.05, 4.69) is 17.3 Å². The van der Waals surface area contributed by atoms with Gasteiger partial charge in [0.05, 0.1) is 36.4 Å². The molecule has 0 radical (unpaired) electrons. The molecule has 5 aliphatic rings. The first-order valence-electron chi connectivity index (χ1n) is 11.4. The first-order chi connectivity index (χ1) is 15.9. The molecule has 0 spiro atoms. The number of nitrogens with zero attached hydrogens (tertiary/aromatic N) is 3. The van der Waals surface area contributed by atoms with E-state index in [1.807, 2.05) is 36.6 Å². The highest BCUT2D eigenvalue weighted by molar-refractivity contribution is 6.06. The summed E-state index contributed by atoms with van der Waals surface area (Å²) in [6.45, 7) is 3.86. The minimum atomic E-state index is -0.412. The molecule has 3 fully saturated rings. The van der Waals surface area contributed by atoms with Gasteiger partial charge in [-0.05, 0) is 62.1 Å². The molecular weight excluding hydrogens is 418 g/mol. The lowest BCUT2D eigenvalue weighted by atomic mass is 9.63. The number of benzene rings is 1. The molecule has 2 heterocycles. The maximum absolute atomic E-state index is 13.2. The molecule has 0 N–H and O–H groups in total. The molecular formula is C26H25N3O4. The highest BCUT2D eigenvalue weighted by Gasteiger charge is 2.67. The Morgan fingerprint density at radius 1 is 1.06 bits per heavy atom. The number of allylic oxidation sites excluding steroid dienone is 2. The number of esters is 1. The summed E-state index contributed by atoms with van der Waals surface area (Å²) in [6.07, 6.45) is 7.04. The normalized spacial score (nSPS) is 31.3. The van der Waals surface area contributed by atoms with Crippen LogP contribution < -0.4 is 0 Å². The first kappa shape index (κ1) is 20.1. The van der Waals surface area contributed by atoms with E-state index in [0.29, 0.717) is 23.1 Å². The van der Waals surface area contributed by atoms with Crippen LogP contribution >= 0.6 is 0 Å². The summed E-state index contributed by atoms with van der Waals surface area (Å²) < 4.78 is 6.89. The first-order valence-corrected chi connectivity index (χ1v) is 11.4. The van der Waals surface area contributed by atoms with E-state index in [1.165, 1.54) is 7.11 Å². The highest BCUT2D eigenvalue weighted by Crippen LogP contribution is 2.65. The molecule has 168 valence electrons. The van der Waals surface area contributed by atoms with Crippen LogP contribution in [0.25, 0.3) is 5.69 Å². The lowest BCUT2D eigenvalue weighted by Gasteiger charge is -2.37. The van der Waals surface area contributed by atoms with Crippen LogP contribution in [-0.4, -0.2) is 40.7 Å². The van der Waals surface area contributed by atoms with Gasteiger partial charge in [0.15, 0.2) is 0 Å². The van der Waals surface area contributed by atoms with E-state index in [-0.39, 0.29) is 35.5 Å². The fourth-order valence-electron chi connectivity index (χ4n) is 6.42. The van der Waals surface area contributed by atoms with Gasteiger partial charge in [0.1, 0.15) is 0 Å². The van der Waals surface area contributed by atoms with E-state index < -0.39 is 5.97 Å². The summed E-state index contributed by atoms with van der Waals surface area (Å²) in [5.41, 5.74) is 3.71. The molecule has 1 aromatic heterocycles. The molecule has 1 saturated heterocycles. The number of aryl methyl sites for hydroxylation is 1. The maximum atomic E-state index is 13.2. The Balaban J connectivity index is 1.32. The molecule has 0 unspecified atom stereocenters. The molecule has 2 aromatic rings. The van der Waals surface area contributed by atoms with Crippen molar-refractivity contribution in [1.82, 2.24) is 9.58 Å². The van der Waals surface area contributed by atoms with Crippen molar-refractivity contribution in [2.75, 3.05) is 7.11 Å². The molecule has 7 heteroatoms. The van der Waals surface area contributed by atoms with Gasteiger partial charge in [-0.15, -0.1) is 0 Å². The van der Waals surface area contributed by atoms with Crippen molar-refractivity contribution in [3.8, 4) is 5.69 Å². The van der Waals surface area contributed by atoms with Crippen molar-refractivity contribution in [2.24, 2.45) is 40.6 Å². The minimum Gasteiger partial charge on any atom is -0.465 e. The summed E-state index contributed by atoms with van der Waals surface area (Å²) in [5.74, 6) is 0.229. The van der Waals surface area contributed by atoms with E-state index in [9.17, 15) is 14.4 Å². The van der Waals surface area contributed by atoms with Crippen LogP contribution in [0.2, 0.25) is 0 Å². The number of hydrogen-bond acceptors (Lipinski definition) is 5. The van der Waals surface area contributed by atoms with E-state index >= 15 is 0 Å². The Bertz CT molecular complexity index is 1240. The predicted molar refractivity (Wildman–Crippen MR) is 121 cm³/mol. The third kappa shape index (κ3) is 2.74. The van der Waals surface area contributed by atoms with Gasteiger partial charge in [-0.25, -0.2) is 4.79 Å². The Hall–Kier alpha value is -3.48. The number of hydrogen-bond donors (Lipinski definition) is 0. The molecule has 4 aliphatic carbocycles. The Morgan fingerprint density at radius 3 is 2.33 bits per heavy atom. The van der Waals surface area contributed by atoms with Crippen LogP contribution in [0.3, 0.4) is 0 Å². The number of methoxy groups -OCH3 is 1. The fraction of sp³-hybridized carbons (Fsp3) is 0.385. The zero-order valence-corrected chi connectivity index (χ0v) is 18.8. The lowest BCUT2D eigenvalue weighted by Crippen LogP contribution is -2.40.